The summed E-state index contributed by atoms with van der Waals surface area (Å²) in [6, 6.07) is 43.7. The second-order valence-electron chi connectivity index (χ2n) is 8.84. The molecule has 0 saturated carbocycles. The molecule has 0 radical (unpaired) electrons. The van der Waals surface area contributed by atoms with E-state index < -0.39 is 0 Å². The van der Waals surface area contributed by atoms with E-state index in [9.17, 15) is 0 Å². The predicted octanol–water partition coefficient (Wildman–Crippen LogP) is 11.3. The molecule has 0 spiro atoms. The van der Waals surface area contributed by atoms with Crippen molar-refractivity contribution in [1.82, 2.24) is 0 Å². The Morgan fingerprint density at radius 3 is 1.14 bits per heavy atom. The zero-order valence-electron chi connectivity index (χ0n) is 24.2. The van der Waals surface area contributed by atoms with Crippen molar-refractivity contribution in [3.05, 3.63) is 157 Å². The molecule has 0 bridgehead atoms. The maximum atomic E-state index is 5.94. The van der Waals surface area contributed by atoms with Gasteiger partial charge in [0.05, 0.1) is 0 Å². The van der Waals surface area contributed by atoms with Crippen molar-refractivity contribution in [2.24, 2.45) is 0 Å². The van der Waals surface area contributed by atoms with Crippen LogP contribution in [0.4, 0.5) is 0 Å². The molecule has 2 aromatic carbocycles. The molecule has 0 heterocycles. The average molecular weight is 728 g/mol. The summed E-state index contributed by atoms with van der Waals surface area (Å²) < 4.78 is 0. The van der Waals surface area contributed by atoms with Crippen LogP contribution < -0.4 is 0 Å². The number of benzene rings is 2. The van der Waals surface area contributed by atoms with Crippen molar-refractivity contribution in [1.29, 1.82) is 0 Å². The normalized spacial score (nSPS) is 9.31. The number of aryl methyl sites for hydroxylation is 2. The third-order valence-corrected chi connectivity index (χ3v) is 6.63. The molecule has 0 N–H and O–H groups in total. The molecule has 6 heteroatoms. The van der Waals surface area contributed by atoms with Crippen molar-refractivity contribution in [2.45, 2.75) is 13.8 Å². The van der Waals surface area contributed by atoms with E-state index in [1.807, 2.05) is 31.1 Å². The first-order valence-electron chi connectivity index (χ1n) is 12.2. The van der Waals surface area contributed by atoms with E-state index in [4.69, 9.17) is 23.2 Å². The molecule has 0 aromatic heterocycles. The fraction of sp³-hybridized carbons (Fsp3) is 0.0556. The molecule has 0 unspecified atom stereocenters. The Bertz CT molecular complexity index is 1460. The quantitative estimate of drug-likeness (QED) is 0.123. The van der Waals surface area contributed by atoms with Crippen LogP contribution in [0.1, 0.15) is 11.1 Å². The van der Waals surface area contributed by atoms with Crippen molar-refractivity contribution in [2.75, 3.05) is 0 Å². The minimum atomic E-state index is 0. The zero-order valence-corrected chi connectivity index (χ0v) is 31.2. The molecule has 0 atom stereocenters. The first-order valence-corrected chi connectivity index (χ1v) is 18.9. The van der Waals surface area contributed by atoms with Crippen LogP contribution in [0.15, 0.2) is 109 Å². The molecule has 4 aliphatic rings. The van der Waals surface area contributed by atoms with Gasteiger partial charge in [0.1, 0.15) is 0 Å². The fourth-order valence-corrected chi connectivity index (χ4v) is 4.73. The molecule has 42 heavy (non-hydrogen) atoms. The Morgan fingerprint density at radius 1 is 0.500 bits per heavy atom. The maximum absolute atomic E-state index is 5.94. The van der Waals surface area contributed by atoms with Gasteiger partial charge in [-0.3, -0.25) is 0 Å². The Balaban J connectivity index is 0.000000694. The van der Waals surface area contributed by atoms with Crippen LogP contribution in [0.2, 0.25) is 10.0 Å². The van der Waals surface area contributed by atoms with Crippen molar-refractivity contribution < 1.29 is 23.3 Å². The van der Waals surface area contributed by atoms with E-state index in [-0.39, 0.29) is 39.7 Å². The second kappa shape index (κ2) is 19.4. The number of halogens is 4. The van der Waals surface area contributed by atoms with Gasteiger partial charge in [-0.2, -0.15) is 23.3 Å². The van der Waals surface area contributed by atoms with Crippen molar-refractivity contribution >= 4 is 54.9 Å². The summed E-state index contributed by atoms with van der Waals surface area (Å²) in [7, 11) is 0. The molecule has 0 amide bonds. The van der Waals surface area contributed by atoms with Gasteiger partial charge >= 0.3 is 30.2 Å². The van der Waals surface area contributed by atoms with Crippen LogP contribution in [-0.2, 0) is 23.3 Å². The van der Waals surface area contributed by atoms with E-state index in [1.54, 1.807) is 23.3 Å². The van der Waals surface area contributed by atoms with E-state index in [0.29, 0.717) is 0 Å². The summed E-state index contributed by atoms with van der Waals surface area (Å²) in [5.41, 5.74) is 11.9. The van der Waals surface area contributed by atoms with Crippen LogP contribution in [0, 0.1) is 40.8 Å². The van der Waals surface area contributed by atoms with Crippen LogP contribution in [0.3, 0.4) is 0 Å². The summed E-state index contributed by atoms with van der Waals surface area (Å²) in [6.45, 7) is 6.10. The average Bonchev–Trinajstić information content (AvgIpc) is 3.34. The van der Waals surface area contributed by atoms with Gasteiger partial charge < -0.3 is 14.9 Å². The standard InChI is InChI=1S/2C17H12Cl.2CH3.2ClH.H2Si.Zr/c2*1-12-10-14-4-2-3-5-16(17(14)11-12)13-6-8-15(18)9-7-13;;;;;;/h2*2-9,11H,1H3;2*1H3;2*1H;1H2;/q4*-1;;;;. The monoisotopic (exact) mass is 724 g/mol. The van der Waals surface area contributed by atoms with Gasteiger partial charge in [0.2, 0.25) is 0 Å². The summed E-state index contributed by atoms with van der Waals surface area (Å²) in [5.74, 6) is 0. The Labute approximate surface area is 291 Å². The van der Waals surface area contributed by atoms with Crippen LogP contribution >= 0.6 is 48.0 Å². The molecule has 0 fully saturated rings. The SMILES string of the molecule is Cc1[c-]c2ccccc(-c3ccc(Cl)cc3)c-2c1.Cc1[c-]c2ccccc(-c3ccc(Cl)cc3)c-2c1.Cl.Cl.[CH3-].[CH3-].[SiH2]=[Zr]. The van der Waals surface area contributed by atoms with E-state index >= 15 is 0 Å². The topological polar surface area (TPSA) is 0 Å². The van der Waals surface area contributed by atoms with E-state index in [0.717, 1.165) is 21.2 Å². The van der Waals surface area contributed by atoms with Gasteiger partial charge in [-0.05, 0) is 35.4 Å². The Hall–Kier alpha value is -1.90. The molecule has 218 valence electrons. The minimum absolute atomic E-state index is 0. The molecule has 0 nitrogen and oxygen atoms in total. The molecular formula is C36H34Cl4SiZr-4. The molecule has 4 aliphatic carbocycles. The molecule has 6 rings (SSSR count). The number of hydrogen-bond acceptors (Lipinski definition) is 0. The first-order chi connectivity index (χ1) is 18.5. The van der Waals surface area contributed by atoms with Gasteiger partial charge in [-0.1, -0.05) is 96.7 Å². The first kappa shape index (κ1) is 40.1. The number of fused-ring (bicyclic) bond motifs is 2. The molecule has 2 aromatic rings. The predicted molar refractivity (Wildman–Crippen MR) is 190 cm³/mol. The van der Waals surface area contributed by atoms with Gasteiger partial charge in [-0.25, -0.2) is 0 Å². The van der Waals surface area contributed by atoms with Gasteiger partial charge in [0.25, 0.3) is 0 Å². The Morgan fingerprint density at radius 2 is 0.810 bits per heavy atom. The van der Waals surface area contributed by atoms with Crippen molar-refractivity contribution in [3.8, 4) is 44.5 Å². The van der Waals surface area contributed by atoms with Crippen LogP contribution in [-0.4, -0.2) is 6.88 Å². The zero-order chi connectivity index (χ0) is 27.1. The van der Waals surface area contributed by atoms with Crippen LogP contribution in [0.25, 0.3) is 44.5 Å². The molecule has 0 aliphatic heterocycles. The third-order valence-electron chi connectivity index (χ3n) is 6.13. The van der Waals surface area contributed by atoms with E-state index in [1.165, 1.54) is 44.5 Å². The van der Waals surface area contributed by atoms with Crippen LogP contribution in [0.5, 0.6) is 0 Å². The summed E-state index contributed by atoms with van der Waals surface area (Å²) >= 11 is 13.5. The Kier molecular flexibility index (Phi) is 18.5. The summed E-state index contributed by atoms with van der Waals surface area (Å²) in [6.07, 6.45) is 0. The summed E-state index contributed by atoms with van der Waals surface area (Å²) in [5, 5.41) is 1.53. The summed E-state index contributed by atoms with van der Waals surface area (Å²) in [4.78, 5) is 0. The fourth-order valence-electron chi connectivity index (χ4n) is 4.48. The van der Waals surface area contributed by atoms with Gasteiger partial charge in [0, 0.05) is 10.0 Å². The van der Waals surface area contributed by atoms with E-state index in [2.05, 4.69) is 111 Å². The number of hydrogen-bond donors (Lipinski definition) is 0. The number of rotatable bonds is 2. The second-order valence-corrected chi connectivity index (χ2v) is 9.71. The van der Waals surface area contributed by atoms with Gasteiger partial charge in [0.15, 0.2) is 0 Å². The van der Waals surface area contributed by atoms with Gasteiger partial charge in [-0.15, -0.1) is 83.5 Å². The molecular weight excluding hydrogens is 694 g/mol. The molecule has 0 saturated heterocycles. The third kappa shape index (κ3) is 10.1. The van der Waals surface area contributed by atoms with Crippen molar-refractivity contribution in [3.63, 3.8) is 0 Å².